The van der Waals surface area contributed by atoms with Crippen molar-refractivity contribution in [3.8, 4) is 0 Å². The van der Waals surface area contributed by atoms with Crippen LogP contribution in [0.4, 0.5) is 0 Å². The monoisotopic (exact) mass is 416 g/mol. The van der Waals surface area contributed by atoms with Crippen LogP contribution < -0.4 is 10.6 Å². The van der Waals surface area contributed by atoms with Crippen molar-refractivity contribution in [2.24, 2.45) is 16.2 Å². The van der Waals surface area contributed by atoms with Crippen LogP contribution in [-0.4, -0.2) is 23.9 Å². The van der Waals surface area contributed by atoms with Gasteiger partial charge in [-0.15, -0.1) is 0 Å². The Morgan fingerprint density at radius 3 is 1.37 bits per heavy atom. The summed E-state index contributed by atoms with van der Waals surface area (Å²) < 4.78 is 0. The number of carbonyl (C=O) groups is 2. The number of rotatable bonds is 4. The van der Waals surface area contributed by atoms with Crippen LogP contribution in [-0.2, 0) is 28.7 Å². The molecule has 0 spiro atoms. The van der Waals surface area contributed by atoms with Crippen LogP contribution in [0.15, 0.2) is 0 Å². The molecule has 4 nitrogen and oxygen atoms in total. The zero-order chi connectivity index (χ0) is 21.5. The molecule has 1 aliphatic carbocycles. The van der Waals surface area contributed by atoms with Crippen LogP contribution in [0.1, 0.15) is 87.5 Å². The van der Waals surface area contributed by atoms with E-state index < -0.39 is 0 Å². The number of nitrogens with one attached hydrogen (secondary N) is 2. The van der Waals surface area contributed by atoms with E-state index in [4.69, 9.17) is 0 Å². The summed E-state index contributed by atoms with van der Waals surface area (Å²) in [4.78, 5) is 24.0. The fourth-order valence-electron chi connectivity index (χ4n) is 4.66. The molecule has 0 radical (unpaired) electrons. The molecule has 1 rings (SSSR count). The number of hydrogen-bond donors (Lipinski definition) is 2. The van der Waals surface area contributed by atoms with Gasteiger partial charge >= 0.3 is 29.6 Å². The van der Waals surface area contributed by atoms with E-state index >= 15 is 0 Å². The summed E-state index contributed by atoms with van der Waals surface area (Å²) in [5.74, 6) is 0.193. The molecule has 0 aliphatic heterocycles. The topological polar surface area (TPSA) is 58.2 Å². The molecular weight excluding hydrogens is 372 g/mol. The first-order chi connectivity index (χ1) is 12.3. The molecular formula is C22H44N2O2Ti. The van der Waals surface area contributed by atoms with Gasteiger partial charge in [-0.05, 0) is 35.5 Å². The van der Waals surface area contributed by atoms with Gasteiger partial charge in [-0.25, -0.2) is 0 Å². The Labute approximate surface area is 177 Å². The molecule has 0 heterocycles. The van der Waals surface area contributed by atoms with Gasteiger partial charge in [0.05, 0.1) is 0 Å². The SMILES string of the molecule is CCC(=O)NC1CC(NC(=O)CC)CC(C(C)(C)C)(C(C)(C)C)C1.[CH3][Ti][CH3]. The Balaban J connectivity index is 0.00000210. The zero-order valence-corrected chi connectivity index (χ0v) is 21.1. The second-order valence-electron chi connectivity index (χ2n) is 9.96. The first-order valence-electron chi connectivity index (χ1n) is 10.4. The number of hydrogen-bond acceptors (Lipinski definition) is 2. The van der Waals surface area contributed by atoms with Gasteiger partial charge in [0.25, 0.3) is 0 Å². The predicted octanol–water partition coefficient (Wildman–Crippen LogP) is 5.20. The van der Waals surface area contributed by atoms with E-state index in [0.29, 0.717) is 32.0 Å². The second-order valence-corrected chi connectivity index (χ2v) is 11.5. The molecule has 1 fully saturated rings. The summed E-state index contributed by atoms with van der Waals surface area (Å²) in [5.41, 5.74) is 0.196. The van der Waals surface area contributed by atoms with Gasteiger partial charge in [0.1, 0.15) is 0 Å². The van der Waals surface area contributed by atoms with Gasteiger partial charge in [-0.2, -0.15) is 0 Å². The molecule has 0 bridgehead atoms. The third-order valence-electron chi connectivity index (χ3n) is 6.00. The molecule has 2 unspecified atom stereocenters. The maximum absolute atomic E-state index is 12.0. The van der Waals surface area contributed by atoms with E-state index in [0.717, 1.165) is 19.3 Å². The number of amides is 2. The Morgan fingerprint density at radius 1 is 0.852 bits per heavy atom. The summed E-state index contributed by atoms with van der Waals surface area (Å²) in [6.07, 6.45) is 3.75. The third-order valence-corrected chi connectivity index (χ3v) is 6.00. The molecule has 27 heavy (non-hydrogen) atoms. The van der Waals surface area contributed by atoms with Crippen molar-refractivity contribution in [3.05, 3.63) is 0 Å². The van der Waals surface area contributed by atoms with Gasteiger partial charge in [0.2, 0.25) is 11.8 Å². The molecule has 158 valence electrons. The Morgan fingerprint density at radius 2 is 1.15 bits per heavy atom. The van der Waals surface area contributed by atoms with Gasteiger partial charge in [-0.1, -0.05) is 55.4 Å². The van der Waals surface area contributed by atoms with Gasteiger partial charge in [-0.3, -0.25) is 9.59 Å². The predicted molar refractivity (Wildman–Crippen MR) is 111 cm³/mol. The quantitative estimate of drug-likeness (QED) is 0.619. The fourth-order valence-corrected chi connectivity index (χ4v) is 4.66. The normalized spacial score (nSPS) is 22.1. The molecule has 1 saturated carbocycles. The molecule has 2 atom stereocenters. The minimum atomic E-state index is 0.0373. The maximum atomic E-state index is 12.0. The Bertz CT molecular complexity index is 436. The van der Waals surface area contributed by atoms with E-state index in [1.165, 1.54) is 0 Å². The average Bonchev–Trinajstić information content (AvgIpc) is 2.52. The molecule has 5 heteroatoms. The molecule has 1 aliphatic rings. The summed E-state index contributed by atoms with van der Waals surface area (Å²) in [6, 6.07) is 0.235. The molecule has 0 aromatic rings. The van der Waals surface area contributed by atoms with Gasteiger partial charge in [0, 0.05) is 24.9 Å². The summed E-state index contributed by atoms with van der Waals surface area (Å²) in [7, 11) is 0. The Hall–Kier alpha value is -0.346. The first kappa shape index (κ1) is 26.7. The zero-order valence-electron chi connectivity index (χ0n) is 19.5. The molecule has 2 N–H and O–H groups in total. The summed E-state index contributed by atoms with van der Waals surface area (Å²) in [5, 5.41) is 10.9. The van der Waals surface area contributed by atoms with E-state index in [1.807, 2.05) is 13.8 Å². The average molecular weight is 416 g/mol. The van der Waals surface area contributed by atoms with Crippen LogP contribution in [0.25, 0.3) is 0 Å². The first-order valence-corrected chi connectivity index (χ1v) is 13.6. The van der Waals surface area contributed by atoms with E-state index in [-0.39, 0.29) is 40.1 Å². The van der Waals surface area contributed by atoms with Crippen LogP contribution in [0, 0.1) is 16.2 Å². The molecule has 0 saturated heterocycles. The molecule has 0 aromatic carbocycles. The van der Waals surface area contributed by atoms with E-state index in [2.05, 4.69) is 62.6 Å². The van der Waals surface area contributed by atoms with Crippen molar-refractivity contribution in [2.45, 2.75) is 110 Å². The standard InChI is InChI=1S/C20H38N2O2.2CH3.Ti/c1-9-16(23)21-14-11-15(22-17(24)10-2)13-20(12-14,18(3,4)5)19(6,7)8;;;/h14-15H,9-13H2,1-8H3,(H,21,23)(H,22,24);2*1H3;. The number of carbonyl (C=O) groups excluding carboxylic acids is 2. The second kappa shape index (κ2) is 11.0. The van der Waals surface area contributed by atoms with Crippen molar-refractivity contribution in [3.63, 3.8) is 0 Å². The van der Waals surface area contributed by atoms with Crippen LogP contribution >= 0.6 is 0 Å². The molecule has 2 amide bonds. The Kier molecular flexibility index (Phi) is 10.9. The van der Waals surface area contributed by atoms with Crippen molar-refractivity contribution in [1.29, 1.82) is 0 Å². The third kappa shape index (κ3) is 7.53. The fraction of sp³-hybridized carbons (Fsp3) is 0.909. The van der Waals surface area contributed by atoms with E-state index in [1.54, 1.807) is 0 Å². The summed E-state index contributed by atoms with van der Waals surface area (Å²) >= 11 is 0.500. The van der Waals surface area contributed by atoms with Crippen LogP contribution in [0.5, 0.6) is 0 Å². The molecule has 0 aromatic heterocycles. The van der Waals surface area contributed by atoms with Gasteiger partial charge in [0.15, 0.2) is 0 Å². The van der Waals surface area contributed by atoms with Crippen molar-refractivity contribution in [2.75, 3.05) is 0 Å². The van der Waals surface area contributed by atoms with Crippen molar-refractivity contribution in [1.82, 2.24) is 10.6 Å². The van der Waals surface area contributed by atoms with Gasteiger partial charge < -0.3 is 10.6 Å². The minimum absolute atomic E-state index is 0.0373. The van der Waals surface area contributed by atoms with Crippen molar-refractivity contribution < 1.29 is 28.7 Å². The summed E-state index contributed by atoms with van der Waals surface area (Å²) in [6.45, 7) is 17.5. The van der Waals surface area contributed by atoms with Crippen LogP contribution in [0.2, 0.25) is 10.5 Å². The van der Waals surface area contributed by atoms with Crippen molar-refractivity contribution >= 4 is 11.8 Å². The van der Waals surface area contributed by atoms with E-state index in [9.17, 15) is 9.59 Å². The van der Waals surface area contributed by atoms with Crippen LogP contribution in [0.3, 0.4) is 0 Å².